The van der Waals surface area contributed by atoms with Crippen LogP contribution in [0.3, 0.4) is 0 Å². The van der Waals surface area contributed by atoms with Gasteiger partial charge in [-0.2, -0.15) is 0 Å². The normalized spacial score (nSPS) is 25.0. The minimum absolute atomic E-state index is 0.105. The second kappa shape index (κ2) is 11.3. The van der Waals surface area contributed by atoms with Crippen LogP contribution in [-0.2, 0) is 9.59 Å². The summed E-state index contributed by atoms with van der Waals surface area (Å²) in [6, 6.07) is 0. The predicted octanol–water partition coefficient (Wildman–Crippen LogP) is 7.25. The highest BCUT2D eigenvalue weighted by atomic mass is 16.3. The van der Waals surface area contributed by atoms with Crippen LogP contribution in [0.1, 0.15) is 94.4 Å². The van der Waals surface area contributed by atoms with E-state index in [4.69, 9.17) is 0 Å². The third-order valence-corrected chi connectivity index (χ3v) is 7.91. The number of Topliss-reactive ketones (excluding diaryl/α,β-unsaturated/α-hetero) is 2. The second-order valence-corrected chi connectivity index (χ2v) is 11.8. The van der Waals surface area contributed by atoms with Gasteiger partial charge in [0.15, 0.2) is 11.6 Å². The first-order valence-corrected chi connectivity index (χ1v) is 13.3. The van der Waals surface area contributed by atoms with E-state index >= 15 is 0 Å². The van der Waals surface area contributed by atoms with Gasteiger partial charge in [0.1, 0.15) is 17.1 Å². The fraction of sp³-hybridized carbons (Fsp3) is 0.613. The smallest absolute Gasteiger partial charge is 0.184 e. The van der Waals surface area contributed by atoms with Crippen LogP contribution in [0, 0.1) is 23.2 Å². The zero-order valence-electron chi connectivity index (χ0n) is 23.7. The molecule has 0 aromatic heterocycles. The van der Waals surface area contributed by atoms with Gasteiger partial charge in [-0.25, -0.2) is 0 Å². The van der Waals surface area contributed by atoms with Crippen LogP contribution >= 0.6 is 0 Å². The summed E-state index contributed by atoms with van der Waals surface area (Å²) in [5.74, 6) is -2.70. The van der Waals surface area contributed by atoms with E-state index in [-0.39, 0.29) is 35.7 Å². The van der Waals surface area contributed by atoms with Gasteiger partial charge in [0.2, 0.25) is 0 Å². The highest BCUT2D eigenvalue weighted by Gasteiger charge is 2.53. The molecule has 0 bridgehead atoms. The topological polar surface area (TPSA) is 94.8 Å². The molecule has 2 aliphatic carbocycles. The first-order chi connectivity index (χ1) is 16.6. The van der Waals surface area contributed by atoms with Gasteiger partial charge in [-0.3, -0.25) is 9.59 Å². The Morgan fingerprint density at radius 3 is 2.06 bits per heavy atom. The summed E-state index contributed by atoms with van der Waals surface area (Å²) in [6.07, 6.45) is 7.76. The first kappa shape index (κ1) is 29.8. The number of hydrogen-bond acceptors (Lipinski definition) is 5. The van der Waals surface area contributed by atoms with Gasteiger partial charge in [-0.05, 0) is 72.6 Å². The van der Waals surface area contributed by atoms with Gasteiger partial charge in [-0.1, -0.05) is 62.6 Å². The molecule has 0 aromatic carbocycles. The van der Waals surface area contributed by atoms with Crippen molar-refractivity contribution < 1.29 is 24.9 Å². The molecule has 0 radical (unpaired) electrons. The van der Waals surface area contributed by atoms with Crippen LogP contribution in [0.2, 0.25) is 0 Å². The van der Waals surface area contributed by atoms with E-state index in [1.54, 1.807) is 13.8 Å². The molecule has 200 valence electrons. The minimum atomic E-state index is -1.44. The molecule has 2 rings (SSSR count). The van der Waals surface area contributed by atoms with Crippen LogP contribution in [0.5, 0.6) is 0 Å². The van der Waals surface area contributed by atoms with E-state index < -0.39 is 40.2 Å². The van der Waals surface area contributed by atoms with Crippen LogP contribution in [0.4, 0.5) is 0 Å². The van der Waals surface area contributed by atoms with Gasteiger partial charge in [0.05, 0.1) is 11.0 Å². The Balaban J connectivity index is 3.00. The number of rotatable bonds is 9. The highest BCUT2D eigenvalue weighted by molar-refractivity contribution is 6.25. The van der Waals surface area contributed by atoms with E-state index in [2.05, 4.69) is 13.8 Å². The van der Waals surface area contributed by atoms with Crippen LogP contribution in [0.15, 0.2) is 57.6 Å². The first-order valence-electron chi connectivity index (χ1n) is 13.3. The largest absolute Gasteiger partial charge is 0.511 e. The molecule has 0 spiro atoms. The van der Waals surface area contributed by atoms with Crippen LogP contribution < -0.4 is 0 Å². The summed E-state index contributed by atoms with van der Waals surface area (Å²) < 4.78 is 0. The maximum absolute atomic E-state index is 14.1. The van der Waals surface area contributed by atoms with E-state index in [1.807, 2.05) is 52.8 Å². The van der Waals surface area contributed by atoms with Crippen molar-refractivity contribution in [2.45, 2.75) is 100 Å². The molecule has 0 saturated heterocycles. The monoisotopic (exact) mass is 498 g/mol. The van der Waals surface area contributed by atoms with Crippen molar-refractivity contribution in [3.8, 4) is 0 Å². The van der Waals surface area contributed by atoms with Crippen molar-refractivity contribution in [3.63, 3.8) is 0 Å². The Morgan fingerprint density at radius 1 is 1.08 bits per heavy atom. The number of aliphatic hydroxyl groups is 3. The van der Waals surface area contributed by atoms with Gasteiger partial charge in [0.25, 0.3) is 0 Å². The standard InChI is InChI=1S/C31H46O5/c1-10-21(8)26(32)25-27(33)24(23-17-22(20(6)7)13-14-30(23,9)36)28(34)31(29(25)35,15-11-18(2)3)16-12-19(4)5/h11-12,17,20-21,23,33-34,36H,10,13-16H2,1-9H3/t21?,23-,30-/m1/s1. The van der Waals surface area contributed by atoms with E-state index in [1.165, 1.54) is 0 Å². The Labute approximate surface area is 217 Å². The molecular weight excluding hydrogens is 452 g/mol. The Hall–Kier alpha value is -2.40. The molecule has 0 amide bonds. The number of aliphatic hydroxyl groups excluding tert-OH is 2. The third-order valence-electron chi connectivity index (χ3n) is 7.91. The summed E-state index contributed by atoms with van der Waals surface area (Å²) in [6.45, 7) is 17.1. The molecule has 3 N–H and O–H groups in total. The summed E-state index contributed by atoms with van der Waals surface area (Å²) >= 11 is 0. The van der Waals surface area contributed by atoms with Crippen molar-refractivity contribution in [1.29, 1.82) is 0 Å². The summed E-state index contributed by atoms with van der Waals surface area (Å²) in [5, 5.41) is 34.9. The summed E-state index contributed by atoms with van der Waals surface area (Å²) in [5.41, 5.74) is 0.233. The maximum atomic E-state index is 14.1. The lowest BCUT2D eigenvalue weighted by atomic mass is 9.62. The van der Waals surface area contributed by atoms with Crippen molar-refractivity contribution in [1.82, 2.24) is 0 Å². The van der Waals surface area contributed by atoms with Crippen molar-refractivity contribution in [2.24, 2.45) is 23.2 Å². The molecule has 2 aliphatic rings. The second-order valence-electron chi connectivity index (χ2n) is 11.8. The zero-order valence-corrected chi connectivity index (χ0v) is 23.7. The summed E-state index contributed by atoms with van der Waals surface area (Å²) in [4.78, 5) is 27.7. The molecule has 5 heteroatoms. The van der Waals surface area contributed by atoms with Gasteiger partial charge >= 0.3 is 0 Å². The molecular formula is C31H46O5. The molecule has 0 heterocycles. The predicted molar refractivity (Wildman–Crippen MR) is 146 cm³/mol. The van der Waals surface area contributed by atoms with Gasteiger partial charge < -0.3 is 15.3 Å². The molecule has 1 unspecified atom stereocenters. The highest BCUT2D eigenvalue weighted by Crippen LogP contribution is 2.51. The van der Waals surface area contributed by atoms with Crippen molar-refractivity contribution in [2.75, 3.05) is 0 Å². The molecule has 0 saturated carbocycles. The quantitative estimate of drug-likeness (QED) is 0.230. The molecule has 36 heavy (non-hydrogen) atoms. The third kappa shape index (κ3) is 5.77. The Bertz CT molecular complexity index is 1020. The average Bonchev–Trinajstić information content (AvgIpc) is 2.78. The van der Waals surface area contributed by atoms with Crippen LogP contribution in [0.25, 0.3) is 0 Å². The lowest BCUT2D eigenvalue weighted by Crippen LogP contribution is -2.46. The maximum Gasteiger partial charge on any atom is 0.184 e. The number of carbonyl (C=O) groups excluding carboxylic acids is 2. The van der Waals surface area contributed by atoms with E-state index in [0.717, 1.165) is 16.7 Å². The van der Waals surface area contributed by atoms with Gasteiger partial charge in [-0.15, -0.1) is 0 Å². The number of ketones is 2. The Kier molecular flexibility index (Phi) is 9.39. The van der Waals surface area contributed by atoms with E-state index in [0.29, 0.717) is 19.3 Å². The van der Waals surface area contributed by atoms with Gasteiger partial charge in [0, 0.05) is 17.4 Å². The van der Waals surface area contributed by atoms with E-state index in [9.17, 15) is 24.9 Å². The molecule has 5 nitrogen and oxygen atoms in total. The summed E-state index contributed by atoms with van der Waals surface area (Å²) in [7, 11) is 0. The molecule has 0 aliphatic heterocycles. The fourth-order valence-corrected chi connectivity index (χ4v) is 5.04. The Morgan fingerprint density at radius 2 is 1.61 bits per heavy atom. The van der Waals surface area contributed by atoms with Crippen LogP contribution in [-0.4, -0.2) is 32.5 Å². The van der Waals surface area contributed by atoms with Crippen molar-refractivity contribution in [3.05, 3.63) is 57.6 Å². The minimum Gasteiger partial charge on any atom is -0.511 e. The number of carbonyl (C=O) groups is 2. The van der Waals surface area contributed by atoms with Crippen molar-refractivity contribution >= 4 is 11.6 Å². The molecule has 0 aromatic rings. The fourth-order valence-electron chi connectivity index (χ4n) is 5.04. The molecule has 0 fully saturated rings. The molecule has 3 atom stereocenters. The average molecular weight is 499 g/mol. The number of hydrogen-bond donors (Lipinski definition) is 3. The number of allylic oxidation sites excluding steroid dienone is 8. The lowest BCUT2D eigenvalue weighted by Gasteiger charge is -2.43. The zero-order chi connectivity index (χ0) is 27.6. The lowest BCUT2D eigenvalue weighted by molar-refractivity contribution is -0.129. The SMILES string of the molecule is CCC(C)C(=O)C1=C(O)C([C@H]2C=C(C(C)C)CC[C@@]2(C)O)=C(O)C(CC=C(C)C)(CC=C(C)C)C1=O.